The Morgan fingerprint density at radius 2 is 0.486 bits per heavy atom. The molecule has 0 aliphatic carbocycles. The quantitative estimate of drug-likeness (QED) is 0.159. The summed E-state index contributed by atoms with van der Waals surface area (Å²) in [5.41, 5.74) is -14.0. The van der Waals surface area contributed by atoms with Crippen LogP contribution in [0.25, 0.3) is 225 Å². The van der Waals surface area contributed by atoms with Gasteiger partial charge in [-0.2, -0.15) is 0 Å². The lowest BCUT2D eigenvalue weighted by molar-refractivity contribution is 1.13. The van der Waals surface area contributed by atoms with Crippen molar-refractivity contribution in [1.82, 2.24) is 31.6 Å². The van der Waals surface area contributed by atoms with Gasteiger partial charge in [0.05, 0.1) is 169 Å². The predicted octanol–water partition coefficient (Wildman–Crippen LogP) is 27.4. The molecule has 0 bridgehead atoms. The molecular weight excluding hydrogens is 1350 g/mol. The molecule has 0 atom stereocenters. The molecule has 17 aromatic carbocycles. The molecule has 0 radical (unpaired) electrons. The van der Waals surface area contributed by atoms with Crippen LogP contribution in [-0.4, -0.2) is 31.6 Å². The molecule has 111 heavy (non-hydrogen) atoms. The van der Waals surface area contributed by atoms with E-state index in [1.165, 1.54) is 13.8 Å². The molecule has 0 aliphatic heterocycles. The monoisotopic (exact) mass is 1470 g/mol. The van der Waals surface area contributed by atoms with Crippen LogP contribution in [0.1, 0.15) is 92.0 Å². The number of benzene rings is 17. The van der Waals surface area contributed by atoms with E-state index in [9.17, 15) is 46.6 Å². The van der Waals surface area contributed by atoms with E-state index in [1.54, 1.807) is 0 Å². The molecule has 26 aromatic rings. The summed E-state index contributed by atoms with van der Waals surface area (Å²) in [7, 11) is 0. The second kappa shape index (κ2) is 22.5. The van der Waals surface area contributed by atoms with Crippen molar-refractivity contribution in [2.45, 2.75) is 13.8 Å². The van der Waals surface area contributed by atoms with E-state index in [0.717, 1.165) is 27.1 Å². The average Bonchev–Trinajstić information content (AvgIpc) is 1.49. The third kappa shape index (κ3) is 8.25. The second-order valence-corrected chi connectivity index (χ2v) is 25.8. The number of fused-ring (bicyclic) bond motifs is 19. The average molecular weight is 1470 g/mol. The normalized spacial score (nSPS) is 19.9. The van der Waals surface area contributed by atoms with Gasteiger partial charge in [0.1, 0.15) is 0 Å². The Kier molecular flexibility index (Phi) is 5.51. The Hall–Kier alpha value is -14.7. The van der Waals surface area contributed by atoms with Gasteiger partial charge in [0.15, 0.2) is 0 Å². The number of para-hydroxylation sites is 8. The lowest BCUT2D eigenvalue weighted by Crippen LogP contribution is -1.99. The predicted molar refractivity (Wildman–Crippen MR) is 469 cm³/mol. The van der Waals surface area contributed by atoms with Gasteiger partial charge in [0.25, 0.3) is 0 Å². The van der Waals surface area contributed by atoms with E-state index in [4.69, 9.17) is 34.3 Å². The fraction of sp³-hybridized carbons (Fsp3) is 0.0192. The number of aromatic nitrogens is 7. The van der Waals surface area contributed by atoms with Crippen molar-refractivity contribution in [3.63, 3.8) is 0 Å². The summed E-state index contributed by atoms with van der Waals surface area (Å²) < 4.78 is 553. The zero-order valence-electron chi connectivity index (χ0n) is 115. The highest BCUT2D eigenvalue weighted by atomic mass is 15.0. The van der Waals surface area contributed by atoms with Crippen molar-refractivity contribution < 1.29 is 80.9 Å². The largest absolute Gasteiger partial charge is 0.309 e. The molecule has 0 saturated carbocycles. The van der Waals surface area contributed by atoms with E-state index in [1.807, 2.05) is 0 Å². The van der Waals surface area contributed by atoms with E-state index in [2.05, 4.69) is 0 Å². The molecule has 0 spiro atoms. The van der Waals surface area contributed by atoms with Gasteiger partial charge in [0, 0.05) is 115 Å². The summed E-state index contributed by atoms with van der Waals surface area (Å²) in [6.07, 6.45) is 0. The van der Waals surface area contributed by atoms with Crippen LogP contribution in [0.3, 0.4) is 0 Å². The van der Waals surface area contributed by atoms with E-state index in [0.29, 0.717) is 4.57 Å². The Labute approximate surface area is 718 Å². The number of nitrogens with zero attached hydrogens (tertiary/aromatic N) is 7. The van der Waals surface area contributed by atoms with Gasteiger partial charge in [-0.25, -0.2) is 0 Å². The summed E-state index contributed by atoms with van der Waals surface area (Å²) >= 11 is 0. The molecular formula is C104H65N7. The fourth-order valence-electron chi connectivity index (χ4n) is 15.8. The minimum atomic E-state index is -1.09. The van der Waals surface area contributed by atoms with Crippen molar-refractivity contribution >= 4 is 185 Å². The van der Waals surface area contributed by atoms with Crippen molar-refractivity contribution in [3.8, 4) is 39.6 Å². The molecule has 26 rings (SSSR count). The van der Waals surface area contributed by atoms with Crippen LogP contribution < -0.4 is 0 Å². The molecule has 7 nitrogen and oxygen atoms in total. The lowest BCUT2D eigenvalue weighted by Gasteiger charge is -2.13. The maximum absolute atomic E-state index is 10.4. The molecule has 7 heteroatoms. The van der Waals surface area contributed by atoms with Crippen LogP contribution >= 0.6 is 0 Å². The zero-order chi connectivity index (χ0) is 124. The van der Waals surface area contributed by atoms with Crippen LogP contribution in [0, 0.1) is 13.8 Å². The van der Waals surface area contributed by atoms with Crippen LogP contribution in [0.15, 0.2) is 357 Å². The van der Waals surface area contributed by atoms with Gasteiger partial charge in [-0.1, -0.05) is 205 Å². The number of rotatable bonds is 6. The Morgan fingerprint density at radius 1 is 0.171 bits per heavy atom. The van der Waals surface area contributed by atoms with Crippen LogP contribution in [-0.2, 0) is 0 Å². The molecule has 516 valence electrons. The topological polar surface area (TPSA) is 33.5 Å². The van der Waals surface area contributed by atoms with Crippen molar-refractivity contribution in [3.05, 3.63) is 368 Å². The standard InChI is InChI=1S/C55H34N4.C49H31N3/c1-33-26-28-48-43(30-33)38-15-3-5-20-45(38)56(48)34-12-8-13-35(31-34)57-46-21-6-4-16-39(46)44-32-36(27-29-49(44)57)58-50-23-10-17-40-42-19-9-18-41-37-14-2-7-22-47(37)59(55(41)42)52-25-11-24-51(58)54(52)53(40)50;1-30-26-40-37-18-10-17-36-39-29-32(31-22-24-42-38(28-31)35-16-8-9-19-41(35)50(42)33-12-4-2-5-13-33)23-25-43(39)52(49(36)37)45-21-11-20-44-48(45)47(40)46(27-30)51(44)34-14-6-3-7-15-34/h2-32H,1H3;2-29H,1H3/i2D,3D,4D,5D,6D,7D,8D,9D,10D,11D,12D,13D,14D,15D,16D,17D,18D,19D,20D,21D,22D,23D,24D,25D,26D,27D,28D,29D,30D,31D,32D;2D,3D,4D,5D,6D,7D,8D,9D,10D,11D,12D,13D,14D,15D,16D,17D,18D,19D,20D,21D,22D,23D,24D,25D,26D,27D,28D,29D. The summed E-state index contributed by atoms with van der Waals surface area (Å²) in [5.74, 6) is 0. The fourth-order valence-corrected chi connectivity index (χ4v) is 15.8. The molecule has 0 aliphatic rings. The summed E-state index contributed by atoms with van der Waals surface area (Å²) in [6, 6.07) is -50.4. The Morgan fingerprint density at radius 3 is 1.07 bits per heavy atom. The first kappa shape index (κ1) is 27.2. The first-order valence-electron chi connectivity index (χ1n) is 63.2. The minimum absolute atomic E-state index is 0.100. The lowest BCUT2D eigenvalue weighted by atomic mass is 9.99. The van der Waals surface area contributed by atoms with Gasteiger partial charge in [-0.3, -0.25) is 0 Å². The van der Waals surface area contributed by atoms with Gasteiger partial charge >= 0.3 is 0 Å². The first-order valence-corrected chi connectivity index (χ1v) is 33.7. The van der Waals surface area contributed by atoms with Gasteiger partial charge in [-0.15, -0.1) is 0 Å². The van der Waals surface area contributed by atoms with Crippen LogP contribution in [0.2, 0.25) is 0 Å². The SMILES string of the molecule is [2H]c1c([2H])c(-n2c3c([2H])c([2H])c([2H])c([2H])c3c3c([2H])c(C)c([2H])c([2H])c32)c([2H])c(-n2c3c([2H])c([2H])c([2H])c([2H])c3c3c([2H])c(-n4c5c([2H])c([2H])c([2H])c6c7c([2H])c([2H])c([2H])c8c9c([2H])c([2H])c([2H])c([2H])c9n(c9c([2H])c([2H])c([2H])c4c9c65)c78)c([2H])c([2H])c32)c1[2H].[2H]c1c([2H])c([2H])c(-n2c3c([2H])c([2H])c([2H])c([2H])c3c3c([2H])c(-c4c([2H])c([2H])c5c(c4[2H])c4c([2H])c([2H])c([2H])c6c7c([2H])c(C)c([2H])c8c7c7c(c([2H])c([2H])c([2H])c7n5c64)n8-c4c([2H])c([2H])c([2H])c([2H])c4[2H])c([2H])c([2H])c32)c([2H])c1[2H]. The van der Waals surface area contributed by atoms with Crippen LogP contribution in [0.4, 0.5) is 0 Å². The number of hydrogen-bond acceptors (Lipinski definition) is 0. The molecule has 0 fully saturated rings. The molecule has 9 heterocycles. The minimum Gasteiger partial charge on any atom is -0.309 e. The van der Waals surface area contributed by atoms with Gasteiger partial charge in [0.2, 0.25) is 0 Å². The smallest absolute Gasteiger partial charge is 0.0667 e. The molecule has 0 saturated heterocycles. The highest BCUT2D eigenvalue weighted by Crippen LogP contribution is 2.49. The first-order chi connectivity index (χ1) is 79.6. The van der Waals surface area contributed by atoms with Crippen molar-refractivity contribution in [1.29, 1.82) is 0 Å². The highest BCUT2D eigenvalue weighted by Gasteiger charge is 2.27. The molecule has 9 aromatic heterocycles. The van der Waals surface area contributed by atoms with E-state index in [-0.39, 0.29) is 65.4 Å². The third-order valence-electron chi connectivity index (χ3n) is 20.0. The molecule has 0 N–H and O–H groups in total. The van der Waals surface area contributed by atoms with Crippen molar-refractivity contribution in [2.24, 2.45) is 0 Å². The summed E-state index contributed by atoms with van der Waals surface area (Å²) in [4.78, 5) is 0. The Balaban J connectivity index is 0.000000172. The summed E-state index contributed by atoms with van der Waals surface area (Å²) in [5, 5.41) is -7.83. The highest BCUT2D eigenvalue weighted by molar-refractivity contribution is 6.33. The third-order valence-corrected chi connectivity index (χ3v) is 20.0. The summed E-state index contributed by atoms with van der Waals surface area (Å²) in [6.45, 7) is 2.66. The second-order valence-electron chi connectivity index (χ2n) is 25.8. The number of hydrogen-bond donors (Lipinski definition) is 0. The maximum Gasteiger partial charge on any atom is 0.0667 e. The maximum atomic E-state index is 10.4. The Bertz CT molecular complexity index is 12200. The molecule has 0 unspecified atom stereocenters. The van der Waals surface area contributed by atoms with Crippen molar-refractivity contribution in [2.75, 3.05) is 0 Å². The van der Waals surface area contributed by atoms with E-state index < -0.39 is 527 Å². The zero-order valence-corrected chi connectivity index (χ0v) is 56.1. The van der Waals surface area contributed by atoms with Gasteiger partial charge < -0.3 is 31.6 Å². The van der Waals surface area contributed by atoms with Gasteiger partial charge in [-0.05, 0) is 198 Å². The molecule has 0 amide bonds. The van der Waals surface area contributed by atoms with E-state index >= 15 is 0 Å². The van der Waals surface area contributed by atoms with Crippen LogP contribution in [0.5, 0.6) is 0 Å².